The number of hydrogen-bond donors (Lipinski definition) is 0. The standard InChI is InChI=1S/C18H14.Li.H/c1-3-8-15(9-4-1)17-12-7-13-18(14-17)16-10-5-2-6-11-16;;/h1-14H;;. The van der Waals surface area contributed by atoms with E-state index in [1.807, 2.05) is 12.1 Å². The molecule has 0 unspecified atom stereocenters. The van der Waals surface area contributed by atoms with Crippen molar-refractivity contribution in [1.82, 2.24) is 0 Å². The maximum atomic E-state index is 2.24. The largest absolute Gasteiger partial charge is 0.0622 e. The number of hydrogen-bond acceptors (Lipinski definition) is 0. The van der Waals surface area contributed by atoms with Gasteiger partial charge in [-0.2, -0.15) is 0 Å². The molecule has 0 radical (unpaired) electrons. The van der Waals surface area contributed by atoms with Crippen LogP contribution >= 0.6 is 0 Å². The van der Waals surface area contributed by atoms with Gasteiger partial charge in [-0.05, 0) is 28.3 Å². The second kappa shape index (κ2) is 6.43. The molecule has 0 atom stereocenters. The van der Waals surface area contributed by atoms with Gasteiger partial charge in [0.05, 0.1) is 0 Å². The second-order valence-corrected chi connectivity index (χ2v) is 4.31. The molecule has 19 heavy (non-hydrogen) atoms. The minimum absolute atomic E-state index is 0. The van der Waals surface area contributed by atoms with Crippen molar-refractivity contribution in [2.24, 2.45) is 0 Å². The van der Waals surface area contributed by atoms with E-state index in [1.165, 1.54) is 22.3 Å². The van der Waals surface area contributed by atoms with Crippen LogP contribution in [-0.4, -0.2) is 18.9 Å². The van der Waals surface area contributed by atoms with Gasteiger partial charge in [-0.1, -0.05) is 78.9 Å². The first kappa shape index (κ1) is 13.7. The molecule has 0 fully saturated rings. The monoisotopic (exact) mass is 238 g/mol. The Morgan fingerprint density at radius 1 is 0.368 bits per heavy atom. The van der Waals surface area contributed by atoms with Crippen LogP contribution in [0.2, 0.25) is 0 Å². The summed E-state index contributed by atoms with van der Waals surface area (Å²) in [5, 5.41) is 0. The van der Waals surface area contributed by atoms with Gasteiger partial charge in [0.25, 0.3) is 0 Å². The molecule has 0 bridgehead atoms. The zero-order valence-electron chi connectivity index (χ0n) is 10.1. The molecule has 0 saturated heterocycles. The SMILES string of the molecule is [LiH].c1ccc(-c2cccc(-c3ccccc3)c2)cc1. The van der Waals surface area contributed by atoms with Crippen LogP contribution < -0.4 is 0 Å². The van der Waals surface area contributed by atoms with Crippen molar-refractivity contribution in [1.29, 1.82) is 0 Å². The van der Waals surface area contributed by atoms with Gasteiger partial charge in [0, 0.05) is 0 Å². The summed E-state index contributed by atoms with van der Waals surface area (Å²) in [5.74, 6) is 0. The summed E-state index contributed by atoms with van der Waals surface area (Å²) < 4.78 is 0. The third-order valence-corrected chi connectivity index (χ3v) is 3.08. The second-order valence-electron chi connectivity index (χ2n) is 4.31. The summed E-state index contributed by atoms with van der Waals surface area (Å²) in [4.78, 5) is 0. The molecule has 0 aliphatic rings. The molecule has 88 valence electrons. The molecule has 0 aromatic heterocycles. The zero-order chi connectivity index (χ0) is 12.2. The third kappa shape index (κ3) is 3.18. The van der Waals surface area contributed by atoms with Crippen LogP contribution in [-0.2, 0) is 0 Å². The van der Waals surface area contributed by atoms with Gasteiger partial charge < -0.3 is 0 Å². The summed E-state index contributed by atoms with van der Waals surface area (Å²) in [7, 11) is 0. The Labute approximate surface area is 126 Å². The van der Waals surface area contributed by atoms with Crippen molar-refractivity contribution < 1.29 is 0 Å². The molecule has 0 nitrogen and oxygen atoms in total. The smallest absolute Gasteiger partial charge is 0.0178 e. The zero-order valence-corrected chi connectivity index (χ0v) is 10.1. The van der Waals surface area contributed by atoms with Gasteiger partial charge in [0.1, 0.15) is 0 Å². The van der Waals surface area contributed by atoms with Crippen LogP contribution in [0.15, 0.2) is 84.9 Å². The molecule has 0 spiro atoms. The average molecular weight is 238 g/mol. The molecule has 1 heteroatoms. The third-order valence-electron chi connectivity index (χ3n) is 3.08. The minimum Gasteiger partial charge on any atom is -0.0622 e. The van der Waals surface area contributed by atoms with Crippen molar-refractivity contribution in [3.8, 4) is 22.3 Å². The fraction of sp³-hybridized carbons (Fsp3) is 0. The minimum atomic E-state index is 0. The summed E-state index contributed by atoms with van der Waals surface area (Å²) in [6.07, 6.45) is 0. The molecular weight excluding hydrogens is 223 g/mol. The first-order valence-electron chi connectivity index (χ1n) is 6.14. The molecule has 0 heterocycles. The van der Waals surface area contributed by atoms with Gasteiger partial charge in [-0.3, -0.25) is 0 Å². The number of benzene rings is 3. The maximum Gasteiger partial charge on any atom is -0.0178 e. The summed E-state index contributed by atoms with van der Waals surface area (Å²) in [6.45, 7) is 0. The molecule has 0 amide bonds. The Morgan fingerprint density at radius 2 is 0.737 bits per heavy atom. The molecule has 3 aromatic carbocycles. The van der Waals surface area contributed by atoms with E-state index in [0.29, 0.717) is 0 Å². The van der Waals surface area contributed by atoms with Crippen LogP contribution in [0.3, 0.4) is 0 Å². The Morgan fingerprint density at radius 3 is 1.16 bits per heavy atom. The van der Waals surface area contributed by atoms with Gasteiger partial charge in [-0.25, -0.2) is 0 Å². The van der Waals surface area contributed by atoms with Crippen LogP contribution in [0.25, 0.3) is 22.3 Å². The molecule has 0 aliphatic heterocycles. The fourth-order valence-electron chi connectivity index (χ4n) is 2.14. The summed E-state index contributed by atoms with van der Waals surface area (Å²) >= 11 is 0. The van der Waals surface area contributed by atoms with Gasteiger partial charge in [0.2, 0.25) is 0 Å². The van der Waals surface area contributed by atoms with Gasteiger partial charge >= 0.3 is 18.9 Å². The Balaban J connectivity index is 0.00000133. The van der Waals surface area contributed by atoms with E-state index in [0.717, 1.165) is 0 Å². The first-order chi connectivity index (χ1) is 8.93. The van der Waals surface area contributed by atoms with E-state index in [9.17, 15) is 0 Å². The number of rotatable bonds is 2. The first-order valence-corrected chi connectivity index (χ1v) is 6.14. The van der Waals surface area contributed by atoms with Crippen molar-refractivity contribution >= 4 is 18.9 Å². The van der Waals surface area contributed by atoms with E-state index in [-0.39, 0.29) is 18.9 Å². The van der Waals surface area contributed by atoms with Gasteiger partial charge in [0.15, 0.2) is 0 Å². The van der Waals surface area contributed by atoms with Crippen LogP contribution in [0.4, 0.5) is 0 Å². The van der Waals surface area contributed by atoms with E-state index in [1.54, 1.807) is 0 Å². The van der Waals surface area contributed by atoms with Gasteiger partial charge in [-0.15, -0.1) is 0 Å². The predicted molar refractivity (Wildman–Crippen MR) is 84.5 cm³/mol. The predicted octanol–water partition coefficient (Wildman–Crippen LogP) is 4.37. The van der Waals surface area contributed by atoms with E-state index < -0.39 is 0 Å². The molecule has 3 aromatic rings. The van der Waals surface area contributed by atoms with E-state index in [4.69, 9.17) is 0 Å². The van der Waals surface area contributed by atoms with Crippen molar-refractivity contribution in [2.45, 2.75) is 0 Å². The fourth-order valence-corrected chi connectivity index (χ4v) is 2.14. The molecule has 0 N–H and O–H groups in total. The van der Waals surface area contributed by atoms with Crippen LogP contribution in [0.5, 0.6) is 0 Å². The molecule has 0 aliphatic carbocycles. The molecular formula is C18H15Li. The summed E-state index contributed by atoms with van der Waals surface area (Å²) in [6, 6.07) is 29.6. The van der Waals surface area contributed by atoms with Crippen molar-refractivity contribution in [3.63, 3.8) is 0 Å². The normalized spacial score (nSPS) is 9.68. The summed E-state index contributed by atoms with van der Waals surface area (Å²) in [5.41, 5.74) is 5.04. The quantitative estimate of drug-likeness (QED) is 0.581. The maximum absolute atomic E-state index is 2.24. The van der Waals surface area contributed by atoms with E-state index in [2.05, 4.69) is 72.8 Å². The van der Waals surface area contributed by atoms with E-state index >= 15 is 0 Å². The average Bonchev–Trinajstić information content (AvgIpc) is 2.49. The Kier molecular flexibility index (Phi) is 4.63. The van der Waals surface area contributed by atoms with Crippen LogP contribution in [0.1, 0.15) is 0 Å². The molecule has 3 rings (SSSR count). The molecule has 0 saturated carbocycles. The topological polar surface area (TPSA) is 0 Å². The van der Waals surface area contributed by atoms with Crippen molar-refractivity contribution in [2.75, 3.05) is 0 Å². The van der Waals surface area contributed by atoms with Crippen molar-refractivity contribution in [3.05, 3.63) is 84.9 Å². The Bertz CT molecular complexity index is 575. The van der Waals surface area contributed by atoms with Crippen LogP contribution in [0, 0.1) is 0 Å². The Hall–Kier alpha value is -1.74.